The molecule has 27 heavy (non-hydrogen) atoms. The molecule has 142 valence electrons. The number of rotatable bonds is 4. The second-order valence-corrected chi connectivity index (χ2v) is 8.19. The van der Waals surface area contributed by atoms with Crippen molar-refractivity contribution in [2.45, 2.75) is 37.2 Å². The first kappa shape index (κ1) is 18.4. The highest BCUT2D eigenvalue weighted by molar-refractivity contribution is 9.10. The molecule has 1 heterocycles. The van der Waals surface area contributed by atoms with Crippen molar-refractivity contribution >= 4 is 21.8 Å². The fourth-order valence-electron chi connectivity index (χ4n) is 3.77. The Labute approximate surface area is 165 Å². The van der Waals surface area contributed by atoms with Crippen LogP contribution in [0.4, 0.5) is 8.78 Å². The molecule has 0 radical (unpaired) electrons. The number of ether oxygens (including phenoxy) is 1. The lowest BCUT2D eigenvalue weighted by atomic mass is 9.93. The molecule has 4 rings (SSSR count). The van der Waals surface area contributed by atoms with Crippen LogP contribution in [0.1, 0.15) is 31.2 Å². The van der Waals surface area contributed by atoms with Crippen molar-refractivity contribution in [2.24, 2.45) is 0 Å². The van der Waals surface area contributed by atoms with Crippen LogP contribution in [-0.2, 0) is 10.2 Å². The van der Waals surface area contributed by atoms with Gasteiger partial charge in [-0.1, -0.05) is 28.1 Å². The first-order valence-corrected chi connectivity index (χ1v) is 9.94. The van der Waals surface area contributed by atoms with E-state index in [1.165, 1.54) is 12.1 Å². The Hall–Kier alpha value is -1.95. The third kappa shape index (κ3) is 3.72. The largest absolute Gasteiger partial charge is 0.487 e. The van der Waals surface area contributed by atoms with Crippen molar-refractivity contribution in [3.8, 4) is 5.75 Å². The smallest absolute Gasteiger partial charge is 0.233 e. The van der Waals surface area contributed by atoms with E-state index in [1.807, 2.05) is 29.2 Å². The Morgan fingerprint density at radius 2 is 1.85 bits per heavy atom. The van der Waals surface area contributed by atoms with Crippen LogP contribution < -0.4 is 4.74 Å². The van der Waals surface area contributed by atoms with Gasteiger partial charge in [-0.15, -0.1) is 0 Å². The second-order valence-electron chi connectivity index (χ2n) is 7.28. The zero-order valence-corrected chi connectivity index (χ0v) is 16.3. The van der Waals surface area contributed by atoms with Crippen molar-refractivity contribution in [1.82, 2.24) is 4.90 Å². The van der Waals surface area contributed by atoms with E-state index >= 15 is 0 Å². The normalized spacial score (nSPS) is 19.0. The molecule has 2 aromatic rings. The molecule has 2 aromatic carbocycles. The number of hydrogen-bond acceptors (Lipinski definition) is 2. The van der Waals surface area contributed by atoms with Crippen LogP contribution in [0, 0.1) is 11.6 Å². The molecule has 1 saturated heterocycles. The average molecular weight is 436 g/mol. The van der Waals surface area contributed by atoms with Crippen LogP contribution in [0.2, 0.25) is 0 Å². The van der Waals surface area contributed by atoms with Gasteiger partial charge in [0.2, 0.25) is 5.91 Å². The van der Waals surface area contributed by atoms with Crippen molar-refractivity contribution in [2.75, 3.05) is 13.1 Å². The fraction of sp³-hybridized carbons (Fsp3) is 0.381. The summed E-state index contributed by atoms with van der Waals surface area (Å²) >= 11 is 3.48. The Kier molecular flexibility index (Phi) is 4.93. The van der Waals surface area contributed by atoms with Gasteiger partial charge in [0.25, 0.3) is 0 Å². The lowest BCUT2D eigenvalue weighted by Crippen LogP contribution is -2.46. The predicted octanol–water partition coefficient (Wildman–Crippen LogP) is 4.83. The monoisotopic (exact) mass is 435 g/mol. The van der Waals surface area contributed by atoms with Crippen LogP contribution >= 0.6 is 15.9 Å². The molecule has 2 aliphatic rings. The molecule has 1 amide bonds. The molecule has 0 bridgehead atoms. The highest BCUT2D eigenvalue weighted by Crippen LogP contribution is 2.50. The van der Waals surface area contributed by atoms with E-state index in [9.17, 15) is 13.6 Å². The number of benzene rings is 2. The van der Waals surface area contributed by atoms with Gasteiger partial charge in [0.05, 0.1) is 5.41 Å². The number of likely N-dealkylation sites (tertiary alicyclic amines) is 1. The molecule has 0 atom stereocenters. The Bertz CT molecular complexity index is 861. The SMILES string of the molecule is O=C(N1CCC(Oc2ccc(F)cc2F)CC1)C1(c2cccc(Br)c2)CC1. The Morgan fingerprint density at radius 3 is 2.48 bits per heavy atom. The lowest BCUT2D eigenvalue weighted by Gasteiger charge is -2.34. The minimum atomic E-state index is -0.694. The highest BCUT2D eigenvalue weighted by atomic mass is 79.9. The van der Waals surface area contributed by atoms with Crippen molar-refractivity contribution < 1.29 is 18.3 Å². The Morgan fingerprint density at radius 1 is 1.11 bits per heavy atom. The predicted molar refractivity (Wildman–Crippen MR) is 102 cm³/mol. The Balaban J connectivity index is 1.38. The fourth-order valence-corrected chi connectivity index (χ4v) is 4.17. The summed E-state index contributed by atoms with van der Waals surface area (Å²) in [5.74, 6) is -1.08. The molecule has 0 aromatic heterocycles. The number of carbonyl (C=O) groups excluding carboxylic acids is 1. The number of nitrogens with zero attached hydrogens (tertiary/aromatic N) is 1. The summed E-state index contributed by atoms with van der Waals surface area (Å²) in [4.78, 5) is 15.0. The number of carbonyl (C=O) groups is 1. The van der Waals surface area contributed by atoms with Gasteiger partial charge in [-0.3, -0.25) is 4.79 Å². The zero-order valence-electron chi connectivity index (χ0n) is 14.8. The maximum absolute atomic E-state index is 13.8. The molecule has 1 aliphatic heterocycles. The molecule has 6 heteroatoms. The van der Waals surface area contributed by atoms with Gasteiger partial charge in [0.1, 0.15) is 11.9 Å². The lowest BCUT2D eigenvalue weighted by molar-refractivity contribution is -0.135. The first-order valence-electron chi connectivity index (χ1n) is 9.15. The van der Waals surface area contributed by atoms with E-state index in [0.29, 0.717) is 25.9 Å². The molecule has 2 fully saturated rings. The van der Waals surface area contributed by atoms with Gasteiger partial charge in [0.15, 0.2) is 11.6 Å². The molecule has 1 aliphatic carbocycles. The molecular formula is C21H20BrF2NO2. The van der Waals surface area contributed by atoms with E-state index in [2.05, 4.69) is 15.9 Å². The summed E-state index contributed by atoms with van der Waals surface area (Å²) in [6.45, 7) is 1.17. The zero-order chi connectivity index (χ0) is 19.0. The molecule has 0 unspecified atom stereocenters. The van der Waals surface area contributed by atoms with Crippen molar-refractivity contribution in [1.29, 1.82) is 0 Å². The third-order valence-electron chi connectivity index (χ3n) is 5.45. The highest BCUT2D eigenvalue weighted by Gasteiger charge is 2.53. The van der Waals surface area contributed by atoms with Gasteiger partial charge in [-0.2, -0.15) is 0 Å². The molecule has 0 N–H and O–H groups in total. The van der Waals surface area contributed by atoms with Crippen molar-refractivity contribution in [3.63, 3.8) is 0 Å². The van der Waals surface area contributed by atoms with Gasteiger partial charge in [-0.25, -0.2) is 8.78 Å². The summed E-state index contributed by atoms with van der Waals surface area (Å²) < 4.78 is 33.4. The second kappa shape index (κ2) is 7.23. The van der Waals surface area contributed by atoms with Gasteiger partial charge in [0, 0.05) is 36.5 Å². The van der Waals surface area contributed by atoms with E-state index in [-0.39, 0.29) is 23.2 Å². The van der Waals surface area contributed by atoms with Gasteiger partial charge < -0.3 is 9.64 Å². The molecule has 3 nitrogen and oxygen atoms in total. The average Bonchev–Trinajstić information content (AvgIpc) is 3.46. The molecule has 0 spiro atoms. The topological polar surface area (TPSA) is 29.5 Å². The van der Waals surface area contributed by atoms with E-state index < -0.39 is 11.6 Å². The third-order valence-corrected chi connectivity index (χ3v) is 5.95. The summed E-state index contributed by atoms with van der Waals surface area (Å²) in [6, 6.07) is 11.3. The summed E-state index contributed by atoms with van der Waals surface area (Å²) in [5.41, 5.74) is 0.675. The summed E-state index contributed by atoms with van der Waals surface area (Å²) in [7, 11) is 0. The maximum Gasteiger partial charge on any atom is 0.233 e. The minimum absolute atomic E-state index is 0.0639. The number of halogens is 3. The number of hydrogen-bond donors (Lipinski definition) is 0. The van der Waals surface area contributed by atoms with E-state index in [4.69, 9.17) is 4.74 Å². The van der Waals surface area contributed by atoms with Gasteiger partial charge >= 0.3 is 0 Å². The van der Waals surface area contributed by atoms with Crippen LogP contribution in [-0.4, -0.2) is 30.0 Å². The van der Waals surface area contributed by atoms with Crippen LogP contribution in [0.3, 0.4) is 0 Å². The summed E-state index contributed by atoms with van der Waals surface area (Å²) in [5, 5.41) is 0. The van der Waals surface area contributed by atoms with E-state index in [0.717, 1.165) is 28.9 Å². The quantitative estimate of drug-likeness (QED) is 0.688. The number of piperidine rings is 1. The maximum atomic E-state index is 13.8. The van der Waals surface area contributed by atoms with Gasteiger partial charge in [-0.05, 0) is 42.7 Å². The minimum Gasteiger partial charge on any atom is -0.487 e. The standard InChI is InChI=1S/C21H20BrF2NO2/c22-15-3-1-2-14(12-15)21(8-9-21)20(26)25-10-6-17(7-11-25)27-19-5-4-16(23)13-18(19)24/h1-5,12-13,17H,6-11H2. The van der Waals surface area contributed by atoms with Crippen LogP contribution in [0.15, 0.2) is 46.9 Å². The summed E-state index contributed by atoms with van der Waals surface area (Å²) in [6.07, 6.45) is 2.85. The number of amides is 1. The molecular weight excluding hydrogens is 416 g/mol. The van der Waals surface area contributed by atoms with Crippen molar-refractivity contribution in [3.05, 3.63) is 64.1 Å². The first-order chi connectivity index (χ1) is 13.0. The van der Waals surface area contributed by atoms with Crippen LogP contribution in [0.25, 0.3) is 0 Å². The van der Waals surface area contributed by atoms with E-state index in [1.54, 1.807) is 0 Å². The molecule has 1 saturated carbocycles. The van der Waals surface area contributed by atoms with Crippen LogP contribution in [0.5, 0.6) is 5.75 Å².